The maximum absolute atomic E-state index is 11.9. The fraction of sp³-hybridized carbons (Fsp3) is 0.400. The zero-order valence-corrected chi connectivity index (χ0v) is 17.2. The van der Waals surface area contributed by atoms with E-state index in [2.05, 4.69) is 4.98 Å². The Morgan fingerprint density at radius 1 is 1.28 bits per heavy atom. The molecule has 2 aliphatic heterocycles. The van der Waals surface area contributed by atoms with Crippen LogP contribution in [-0.4, -0.2) is 63.3 Å². The highest BCUT2D eigenvalue weighted by atomic mass is 32.2. The van der Waals surface area contributed by atoms with Crippen LogP contribution in [0.15, 0.2) is 35.5 Å². The number of hydrogen-bond donors (Lipinski definition) is 0. The van der Waals surface area contributed by atoms with Gasteiger partial charge in [-0.1, -0.05) is 0 Å². The summed E-state index contributed by atoms with van der Waals surface area (Å²) in [6.45, 7) is 4.14. The average Bonchev–Trinajstić information content (AvgIpc) is 3.14. The van der Waals surface area contributed by atoms with E-state index < -0.39 is 9.84 Å². The molecule has 1 amide bonds. The molecule has 29 heavy (non-hydrogen) atoms. The van der Waals surface area contributed by atoms with Crippen LogP contribution in [0.25, 0.3) is 0 Å². The van der Waals surface area contributed by atoms with E-state index in [1.165, 1.54) is 0 Å². The highest BCUT2D eigenvalue weighted by molar-refractivity contribution is 7.90. The molecule has 1 saturated heterocycles. The second-order valence-corrected chi connectivity index (χ2v) is 9.28. The van der Waals surface area contributed by atoms with Crippen LogP contribution >= 0.6 is 0 Å². The summed E-state index contributed by atoms with van der Waals surface area (Å²) in [7, 11) is -3.37. The molecule has 3 heterocycles. The largest absolute Gasteiger partial charge is 0.490 e. The molecule has 0 unspecified atom stereocenters. The summed E-state index contributed by atoms with van der Waals surface area (Å²) in [5, 5.41) is 0.0905. The van der Waals surface area contributed by atoms with E-state index in [4.69, 9.17) is 9.47 Å². The van der Waals surface area contributed by atoms with E-state index in [9.17, 15) is 13.2 Å². The van der Waals surface area contributed by atoms with Crippen LogP contribution in [0.4, 0.5) is 11.4 Å². The molecule has 0 spiro atoms. The van der Waals surface area contributed by atoms with Crippen LogP contribution in [-0.2, 0) is 14.6 Å². The number of benzene rings is 1. The Labute approximate surface area is 170 Å². The first-order chi connectivity index (χ1) is 13.8. The molecule has 0 bridgehead atoms. The minimum atomic E-state index is -3.37. The Hall–Kier alpha value is -2.81. The maximum Gasteiger partial charge on any atom is 0.209 e. The molecule has 2 aromatic rings. The lowest BCUT2D eigenvalue weighted by atomic mass is 10.2. The summed E-state index contributed by atoms with van der Waals surface area (Å²) < 4.78 is 35.6. The Morgan fingerprint density at radius 3 is 2.79 bits per heavy atom. The number of amides is 1. The van der Waals surface area contributed by atoms with Gasteiger partial charge < -0.3 is 19.3 Å². The van der Waals surface area contributed by atoms with Gasteiger partial charge in [0.05, 0.1) is 30.7 Å². The Kier molecular flexibility index (Phi) is 5.08. The minimum absolute atomic E-state index is 0.0332. The van der Waals surface area contributed by atoms with Crippen molar-refractivity contribution in [3.63, 3.8) is 0 Å². The summed E-state index contributed by atoms with van der Waals surface area (Å²) in [6, 6.07) is 7.47. The predicted molar refractivity (Wildman–Crippen MR) is 108 cm³/mol. The van der Waals surface area contributed by atoms with Gasteiger partial charge in [0, 0.05) is 25.3 Å². The first kappa shape index (κ1) is 19.5. The van der Waals surface area contributed by atoms with Crippen molar-refractivity contribution in [3.05, 3.63) is 36.0 Å². The van der Waals surface area contributed by atoms with Gasteiger partial charge in [-0.05, 0) is 30.7 Å². The molecule has 4 rings (SSSR count). The van der Waals surface area contributed by atoms with Crippen LogP contribution in [0.5, 0.6) is 11.5 Å². The van der Waals surface area contributed by atoms with Crippen molar-refractivity contribution in [2.24, 2.45) is 0 Å². The summed E-state index contributed by atoms with van der Waals surface area (Å²) in [5.41, 5.74) is 2.24. The molecular formula is C20H23N3O5S. The number of hydrogen-bond acceptors (Lipinski definition) is 7. The lowest BCUT2D eigenvalue weighted by molar-refractivity contribution is -0.117. The van der Waals surface area contributed by atoms with Crippen LogP contribution in [0.2, 0.25) is 0 Å². The topological polar surface area (TPSA) is 89.0 Å². The molecule has 8 nitrogen and oxygen atoms in total. The lowest BCUT2D eigenvalue weighted by Gasteiger charge is -2.32. The lowest BCUT2D eigenvalue weighted by Crippen LogP contribution is -2.29. The Balaban J connectivity index is 1.62. The number of nitrogens with zero attached hydrogens (tertiary/aromatic N) is 3. The van der Waals surface area contributed by atoms with Crippen LogP contribution in [0, 0.1) is 6.92 Å². The van der Waals surface area contributed by atoms with Crippen molar-refractivity contribution >= 4 is 27.6 Å². The van der Waals surface area contributed by atoms with Gasteiger partial charge in [0.25, 0.3) is 0 Å². The number of rotatable bonds is 5. The molecule has 154 valence electrons. The molecule has 1 aromatic heterocycles. The number of anilines is 2. The summed E-state index contributed by atoms with van der Waals surface area (Å²) in [5.74, 6) is 1.43. The normalized spacial score (nSPS) is 18.9. The standard InChI is InChI=1S/C20H23N3O5S/c1-14-9-15(11-21-20(14)29(2,25)26)23-7-8-27-19-4-3-16(10-18(19)23)28-17-5-6-22(12-17)13-24/h3-4,9-11,13,17H,5-8,12H2,1-2H3/t17-/m0/s1. The zero-order chi connectivity index (χ0) is 20.6. The summed E-state index contributed by atoms with van der Waals surface area (Å²) >= 11 is 0. The summed E-state index contributed by atoms with van der Waals surface area (Å²) in [6.07, 6.45) is 4.34. The SMILES string of the molecule is Cc1cc(N2CCOc3ccc(O[C@H]4CCN(C=O)C4)cc32)cnc1S(C)(=O)=O. The van der Waals surface area contributed by atoms with E-state index in [1.54, 1.807) is 18.0 Å². The molecule has 1 atom stereocenters. The molecule has 1 fully saturated rings. The van der Waals surface area contributed by atoms with Gasteiger partial charge in [-0.3, -0.25) is 4.79 Å². The molecule has 9 heteroatoms. The second-order valence-electron chi connectivity index (χ2n) is 7.35. The number of sulfone groups is 1. The van der Waals surface area contributed by atoms with Gasteiger partial charge in [0.2, 0.25) is 6.41 Å². The molecule has 0 saturated carbocycles. The Morgan fingerprint density at radius 2 is 2.10 bits per heavy atom. The first-order valence-corrected chi connectivity index (χ1v) is 11.3. The van der Waals surface area contributed by atoms with E-state index >= 15 is 0 Å². The smallest absolute Gasteiger partial charge is 0.209 e. The predicted octanol–water partition coefficient (Wildman–Crippen LogP) is 1.93. The van der Waals surface area contributed by atoms with Crippen molar-refractivity contribution in [2.45, 2.75) is 24.5 Å². The maximum atomic E-state index is 11.9. The molecule has 0 radical (unpaired) electrons. The highest BCUT2D eigenvalue weighted by Gasteiger charge is 2.25. The quantitative estimate of drug-likeness (QED) is 0.687. The first-order valence-electron chi connectivity index (χ1n) is 9.42. The van der Waals surface area contributed by atoms with Crippen LogP contribution in [0.3, 0.4) is 0 Å². The average molecular weight is 417 g/mol. The highest BCUT2D eigenvalue weighted by Crippen LogP contribution is 2.39. The van der Waals surface area contributed by atoms with E-state index in [0.29, 0.717) is 37.6 Å². The zero-order valence-electron chi connectivity index (χ0n) is 16.4. The van der Waals surface area contributed by atoms with Crippen LogP contribution < -0.4 is 14.4 Å². The third-order valence-corrected chi connectivity index (χ3v) is 6.23. The fourth-order valence-corrected chi connectivity index (χ4v) is 4.65. The number of aryl methyl sites for hydroxylation is 1. The third-order valence-electron chi connectivity index (χ3n) is 5.10. The number of fused-ring (bicyclic) bond motifs is 1. The van der Waals surface area contributed by atoms with Gasteiger partial charge in [0.1, 0.15) is 24.2 Å². The van der Waals surface area contributed by atoms with Gasteiger partial charge >= 0.3 is 0 Å². The van der Waals surface area contributed by atoms with Gasteiger partial charge in [-0.25, -0.2) is 13.4 Å². The number of likely N-dealkylation sites (tertiary alicyclic amines) is 1. The van der Waals surface area contributed by atoms with Gasteiger partial charge in [0.15, 0.2) is 14.9 Å². The minimum Gasteiger partial charge on any atom is -0.490 e. The van der Waals surface area contributed by atoms with Gasteiger partial charge in [-0.2, -0.15) is 0 Å². The van der Waals surface area contributed by atoms with Gasteiger partial charge in [-0.15, -0.1) is 0 Å². The number of aromatic nitrogens is 1. The van der Waals surface area contributed by atoms with Crippen molar-refractivity contribution in [1.29, 1.82) is 0 Å². The molecule has 0 aliphatic carbocycles. The van der Waals surface area contributed by atoms with E-state index in [0.717, 1.165) is 36.2 Å². The number of carbonyl (C=O) groups excluding carboxylic acids is 1. The van der Waals surface area contributed by atoms with Crippen molar-refractivity contribution < 1.29 is 22.7 Å². The molecule has 2 aliphatic rings. The monoisotopic (exact) mass is 417 g/mol. The van der Waals surface area contributed by atoms with E-state index in [1.807, 2.05) is 29.2 Å². The number of ether oxygens (including phenoxy) is 2. The molecule has 1 aromatic carbocycles. The summed E-state index contributed by atoms with van der Waals surface area (Å²) in [4.78, 5) is 18.8. The van der Waals surface area contributed by atoms with Crippen molar-refractivity contribution in [3.8, 4) is 11.5 Å². The van der Waals surface area contributed by atoms with Crippen molar-refractivity contribution in [1.82, 2.24) is 9.88 Å². The number of pyridine rings is 1. The molecule has 0 N–H and O–H groups in total. The van der Waals surface area contributed by atoms with Crippen molar-refractivity contribution in [2.75, 3.05) is 37.4 Å². The Bertz CT molecular complexity index is 1040. The number of carbonyl (C=O) groups is 1. The second kappa shape index (κ2) is 7.55. The van der Waals surface area contributed by atoms with E-state index in [-0.39, 0.29) is 11.1 Å². The van der Waals surface area contributed by atoms with Crippen LogP contribution in [0.1, 0.15) is 12.0 Å². The third kappa shape index (κ3) is 4.00. The molecular weight excluding hydrogens is 394 g/mol. The fourth-order valence-electron chi connectivity index (χ4n) is 3.76.